The number of hydrogen-bond donors (Lipinski definition) is 1. The van der Waals surface area contributed by atoms with Gasteiger partial charge in [-0.3, -0.25) is 0 Å². The van der Waals surface area contributed by atoms with E-state index in [4.69, 9.17) is 19.2 Å². The van der Waals surface area contributed by atoms with Crippen LogP contribution in [0.15, 0.2) is 35.1 Å². The second kappa shape index (κ2) is 9.73. The zero-order valence-corrected chi connectivity index (χ0v) is 16.7. The zero-order chi connectivity index (χ0) is 19.9. The van der Waals surface area contributed by atoms with Crippen LogP contribution in [0.5, 0.6) is 0 Å². The summed E-state index contributed by atoms with van der Waals surface area (Å²) < 4.78 is 16.0. The summed E-state index contributed by atoms with van der Waals surface area (Å²) in [6.07, 6.45) is 7.82. The van der Waals surface area contributed by atoms with E-state index in [1.54, 1.807) is 20.2 Å². The molecule has 2 heterocycles. The molecule has 0 aromatic carbocycles. The molecule has 28 heavy (non-hydrogen) atoms. The van der Waals surface area contributed by atoms with Gasteiger partial charge in [0, 0.05) is 43.5 Å². The van der Waals surface area contributed by atoms with Crippen LogP contribution in [0.3, 0.4) is 0 Å². The summed E-state index contributed by atoms with van der Waals surface area (Å²) in [7, 11) is 1.61. The summed E-state index contributed by atoms with van der Waals surface area (Å²) in [5, 5.41) is 5.14. The molecule has 1 aromatic heterocycles. The number of esters is 1. The van der Waals surface area contributed by atoms with Crippen LogP contribution in [0, 0.1) is 5.92 Å². The predicted molar refractivity (Wildman–Crippen MR) is 105 cm³/mol. The summed E-state index contributed by atoms with van der Waals surface area (Å²) in [6, 6.07) is 0. The zero-order valence-electron chi connectivity index (χ0n) is 16.7. The first-order valence-corrected chi connectivity index (χ1v) is 9.65. The van der Waals surface area contributed by atoms with Gasteiger partial charge in [-0.1, -0.05) is 12.2 Å². The molecule has 0 saturated carbocycles. The minimum absolute atomic E-state index is 0.139. The number of allylic oxidation sites excluding steroid dienone is 3. The summed E-state index contributed by atoms with van der Waals surface area (Å²) in [4.78, 5) is 21.5. The molecule has 7 nitrogen and oxygen atoms in total. The van der Waals surface area contributed by atoms with E-state index in [0.717, 1.165) is 40.5 Å². The maximum absolute atomic E-state index is 12.4. The van der Waals surface area contributed by atoms with Crippen molar-refractivity contribution in [3.05, 3.63) is 52.0 Å². The number of carbonyl (C=O) groups excluding carboxylic acids is 1. The minimum atomic E-state index is -0.437. The first-order valence-electron chi connectivity index (χ1n) is 9.65. The highest BCUT2D eigenvalue weighted by atomic mass is 16.5. The lowest BCUT2D eigenvalue weighted by Crippen LogP contribution is -2.35. The fourth-order valence-electron chi connectivity index (χ4n) is 3.50. The van der Waals surface area contributed by atoms with Crippen LogP contribution < -0.4 is 15.9 Å². The van der Waals surface area contributed by atoms with Gasteiger partial charge in [0.15, 0.2) is 5.69 Å². The van der Waals surface area contributed by atoms with Crippen LogP contribution in [0.4, 0.5) is 0 Å². The van der Waals surface area contributed by atoms with E-state index in [0.29, 0.717) is 25.5 Å². The Morgan fingerprint density at radius 2 is 2.14 bits per heavy atom. The van der Waals surface area contributed by atoms with Gasteiger partial charge < -0.3 is 19.5 Å². The van der Waals surface area contributed by atoms with Crippen LogP contribution in [0.2, 0.25) is 0 Å². The third-order valence-corrected chi connectivity index (χ3v) is 4.66. The smallest absolute Gasteiger partial charge is 0.357 e. The van der Waals surface area contributed by atoms with Crippen LogP contribution in [0.25, 0.3) is 5.57 Å². The van der Waals surface area contributed by atoms with Crippen molar-refractivity contribution in [2.24, 2.45) is 10.9 Å². The maximum atomic E-state index is 12.4. The van der Waals surface area contributed by atoms with Crippen molar-refractivity contribution in [1.82, 2.24) is 10.3 Å². The van der Waals surface area contributed by atoms with Gasteiger partial charge in [0.1, 0.15) is 0 Å². The Labute approximate surface area is 164 Å². The second-order valence-corrected chi connectivity index (χ2v) is 6.47. The standard InChI is InChI=1S/C21H27N3O4/c1-4-27-10-9-22-11-14-7-6-8-16-18(14)19-15(13-26-3)20(21(25)28-5-2)23-12-17(19)24-16/h6-8,12,14,22H,4-5,9-11,13H2,1-3H3. The van der Waals surface area contributed by atoms with Gasteiger partial charge in [0.25, 0.3) is 0 Å². The predicted octanol–water partition coefficient (Wildman–Crippen LogP) is 0.885. The van der Waals surface area contributed by atoms with Crippen molar-refractivity contribution in [1.29, 1.82) is 0 Å². The number of fused-ring (bicyclic) bond motifs is 2. The molecule has 3 rings (SSSR count). The first-order chi connectivity index (χ1) is 13.7. The van der Waals surface area contributed by atoms with E-state index in [-0.39, 0.29) is 12.5 Å². The van der Waals surface area contributed by atoms with Gasteiger partial charge in [-0.2, -0.15) is 0 Å². The molecule has 1 aliphatic heterocycles. The van der Waals surface area contributed by atoms with Crippen LogP contribution in [-0.2, 0) is 20.8 Å². The average Bonchev–Trinajstić information content (AvgIpc) is 3.08. The summed E-state index contributed by atoms with van der Waals surface area (Å²) >= 11 is 0. The number of carbonyl (C=O) groups is 1. The van der Waals surface area contributed by atoms with Crippen molar-refractivity contribution in [3.63, 3.8) is 0 Å². The summed E-state index contributed by atoms with van der Waals surface area (Å²) in [6.45, 7) is 7.26. The van der Waals surface area contributed by atoms with E-state index in [1.165, 1.54) is 0 Å². The number of rotatable bonds is 10. The number of aromatic nitrogens is 1. The molecule has 1 aliphatic carbocycles. The van der Waals surface area contributed by atoms with Gasteiger partial charge in [0.2, 0.25) is 0 Å². The highest BCUT2D eigenvalue weighted by molar-refractivity contribution is 5.89. The normalized spacial score (nSPS) is 17.0. The SMILES string of the molecule is CCOCCNCC1C=CC=C2N=c3cnc(C(=O)OCC)c(COC)c3=C21. The third kappa shape index (κ3) is 4.22. The summed E-state index contributed by atoms with van der Waals surface area (Å²) in [5.74, 6) is -0.298. The minimum Gasteiger partial charge on any atom is -0.461 e. The number of hydrogen-bond acceptors (Lipinski definition) is 7. The molecule has 0 amide bonds. The number of pyridine rings is 1. The molecular weight excluding hydrogens is 358 g/mol. The van der Waals surface area contributed by atoms with Gasteiger partial charge >= 0.3 is 5.97 Å². The Hall–Kier alpha value is -2.35. The van der Waals surface area contributed by atoms with Crippen LogP contribution >= 0.6 is 0 Å². The molecular formula is C21H27N3O4. The molecule has 1 aromatic rings. The summed E-state index contributed by atoms with van der Waals surface area (Å²) in [5.41, 5.74) is 3.04. The Bertz CT molecular complexity index is 905. The molecule has 7 heteroatoms. The maximum Gasteiger partial charge on any atom is 0.357 e. The van der Waals surface area contributed by atoms with Crippen molar-refractivity contribution in [2.45, 2.75) is 20.5 Å². The molecule has 1 atom stereocenters. The average molecular weight is 385 g/mol. The molecule has 1 unspecified atom stereocenters. The monoisotopic (exact) mass is 385 g/mol. The van der Waals surface area contributed by atoms with Crippen molar-refractivity contribution in [3.8, 4) is 0 Å². The number of methoxy groups -OCH3 is 1. The molecule has 0 spiro atoms. The van der Waals surface area contributed by atoms with Gasteiger partial charge in [0.05, 0.1) is 37.1 Å². The topological polar surface area (TPSA) is 82.0 Å². The molecule has 2 aliphatic rings. The van der Waals surface area contributed by atoms with Gasteiger partial charge in [-0.25, -0.2) is 14.8 Å². The number of nitrogens with one attached hydrogen (secondary N) is 1. The lowest BCUT2D eigenvalue weighted by Gasteiger charge is -2.20. The number of nitrogens with zero attached hydrogens (tertiary/aromatic N) is 2. The van der Waals surface area contributed by atoms with E-state index >= 15 is 0 Å². The molecule has 0 fully saturated rings. The number of ether oxygens (including phenoxy) is 3. The van der Waals surface area contributed by atoms with E-state index in [1.807, 2.05) is 19.1 Å². The lowest BCUT2D eigenvalue weighted by atomic mass is 9.89. The Kier molecular flexibility index (Phi) is 7.08. The fourth-order valence-corrected chi connectivity index (χ4v) is 3.50. The van der Waals surface area contributed by atoms with E-state index in [9.17, 15) is 4.79 Å². The highest BCUT2D eigenvalue weighted by Crippen LogP contribution is 2.28. The highest BCUT2D eigenvalue weighted by Gasteiger charge is 2.27. The fraction of sp³-hybridized carbons (Fsp3) is 0.476. The van der Waals surface area contributed by atoms with Crippen molar-refractivity contribution < 1.29 is 19.0 Å². The quantitative estimate of drug-likeness (QED) is 0.476. The largest absolute Gasteiger partial charge is 0.461 e. The Morgan fingerprint density at radius 3 is 2.89 bits per heavy atom. The molecule has 1 N–H and O–H groups in total. The van der Waals surface area contributed by atoms with Gasteiger partial charge in [-0.15, -0.1) is 0 Å². The Morgan fingerprint density at radius 1 is 1.29 bits per heavy atom. The molecule has 0 bridgehead atoms. The van der Waals surface area contributed by atoms with E-state index in [2.05, 4.69) is 16.4 Å². The first kappa shape index (κ1) is 20.4. The van der Waals surface area contributed by atoms with Crippen LogP contribution in [0.1, 0.15) is 29.9 Å². The third-order valence-electron chi connectivity index (χ3n) is 4.66. The van der Waals surface area contributed by atoms with Crippen molar-refractivity contribution >= 4 is 11.5 Å². The molecule has 0 saturated heterocycles. The molecule has 150 valence electrons. The lowest BCUT2D eigenvalue weighted by molar-refractivity contribution is 0.0514. The Balaban J connectivity index is 2.01. The second-order valence-electron chi connectivity index (χ2n) is 6.47. The van der Waals surface area contributed by atoms with Crippen molar-refractivity contribution in [2.75, 3.05) is 40.0 Å². The van der Waals surface area contributed by atoms with Gasteiger partial charge in [-0.05, 0) is 25.5 Å². The van der Waals surface area contributed by atoms with Crippen LogP contribution in [-0.4, -0.2) is 51.0 Å². The molecule has 0 radical (unpaired) electrons. The van der Waals surface area contributed by atoms with E-state index < -0.39 is 5.97 Å².